The fraction of sp³-hybridized carbons (Fsp3) is 0.348. The number of para-hydroxylation sites is 1. The zero-order valence-corrected chi connectivity index (χ0v) is 17.1. The van der Waals surface area contributed by atoms with Gasteiger partial charge >= 0.3 is 0 Å². The summed E-state index contributed by atoms with van der Waals surface area (Å²) in [4.78, 5) is 35.9. The van der Waals surface area contributed by atoms with Crippen molar-refractivity contribution in [3.63, 3.8) is 0 Å². The summed E-state index contributed by atoms with van der Waals surface area (Å²) in [5.74, 6) is 0.0433. The van der Waals surface area contributed by atoms with Crippen molar-refractivity contribution in [2.75, 3.05) is 26.2 Å². The largest absolute Gasteiger partial charge is 0.346 e. The van der Waals surface area contributed by atoms with Gasteiger partial charge in [0.2, 0.25) is 11.8 Å². The van der Waals surface area contributed by atoms with E-state index in [-0.39, 0.29) is 18.4 Å². The van der Waals surface area contributed by atoms with E-state index in [4.69, 9.17) is 0 Å². The van der Waals surface area contributed by atoms with Crippen molar-refractivity contribution in [2.24, 2.45) is 7.05 Å². The number of piperazine rings is 2. The summed E-state index contributed by atoms with van der Waals surface area (Å²) in [7, 11) is 2.08. The molecule has 0 N–H and O–H groups in total. The quantitative estimate of drug-likeness (QED) is 0.664. The lowest BCUT2D eigenvalue weighted by atomic mass is 10.1. The molecular weight excluding hydrogens is 378 g/mol. The van der Waals surface area contributed by atoms with Crippen LogP contribution in [0.15, 0.2) is 54.7 Å². The molecule has 2 aliphatic rings. The molecule has 0 spiro atoms. The van der Waals surface area contributed by atoms with E-state index in [1.807, 2.05) is 30.3 Å². The Morgan fingerprint density at radius 1 is 1.03 bits per heavy atom. The number of nitrogens with zero attached hydrogens (tertiary/aromatic N) is 5. The molecule has 2 aliphatic heterocycles. The van der Waals surface area contributed by atoms with Gasteiger partial charge in [0.1, 0.15) is 12.6 Å². The summed E-state index contributed by atoms with van der Waals surface area (Å²) in [6.07, 6.45) is 1.71. The van der Waals surface area contributed by atoms with Gasteiger partial charge in [-0.05, 0) is 29.7 Å². The number of hydrogen-bond acceptors (Lipinski definition) is 4. The number of benzene rings is 1. The third kappa shape index (κ3) is 3.35. The van der Waals surface area contributed by atoms with Crippen LogP contribution in [0.5, 0.6) is 0 Å². The normalized spacial score (nSPS) is 20.1. The molecule has 4 heterocycles. The van der Waals surface area contributed by atoms with E-state index in [1.165, 1.54) is 16.6 Å². The van der Waals surface area contributed by atoms with Crippen molar-refractivity contribution in [1.82, 2.24) is 24.3 Å². The van der Waals surface area contributed by atoms with Crippen LogP contribution >= 0.6 is 0 Å². The molecule has 2 amide bonds. The topological polar surface area (TPSA) is 61.7 Å². The van der Waals surface area contributed by atoms with Crippen molar-refractivity contribution >= 4 is 22.7 Å². The molecule has 0 saturated carbocycles. The number of aromatic nitrogens is 2. The number of aryl methyl sites for hydroxylation is 1. The Bertz CT molecular complexity index is 1090. The molecule has 5 rings (SSSR count). The van der Waals surface area contributed by atoms with Gasteiger partial charge in [-0.15, -0.1) is 0 Å². The third-order valence-corrected chi connectivity index (χ3v) is 6.22. The fourth-order valence-corrected chi connectivity index (χ4v) is 4.58. The Balaban J connectivity index is 1.32. The lowest BCUT2D eigenvalue weighted by Gasteiger charge is -2.46. The van der Waals surface area contributed by atoms with E-state index in [1.54, 1.807) is 16.0 Å². The van der Waals surface area contributed by atoms with E-state index < -0.39 is 6.04 Å². The first kappa shape index (κ1) is 18.8. The predicted molar refractivity (Wildman–Crippen MR) is 113 cm³/mol. The Morgan fingerprint density at radius 2 is 1.87 bits per heavy atom. The summed E-state index contributed by atoms with van der Waals surface area (Å²) in [6, 6.07) is 15.8. The Labute approximate surface area is 175 Å². The van der Waals surface area contributed by atoms with Gasteiger partial charge in [0.15, 0.2) is 0 Å². The van der Waals surface area contributed by atoms with Crippen LogP contribution in [0, 0.1) is 0 Å². The van der Waals surface area contributed by atoms with E-state index in [0.717, 1.165) is 18.8 Å². The highest BCUT2D eigenvalue weighted by Gasteiger charge is 2.42. The number of rotatable bonds is 4. The second-order valence-electron chi connectivity index (χ2n) is 8.11. The molecule has 7 nitrogen and oxygen atoms in total. The van der Waals surface area contributed by atoms with Crippen LogP contribution < -0.4 is 0 Å². The molecule has 0 aliphatic carbocycles. The maximum absolute atomic E-state index is 13.2. The molecule has 154 valence electrons. The highest BCUT2D eigenvalue weighted by atomic mass is 16.2. The van der Waals surface area contributed by atoms with Crippen molar-refractivity contribution in [1.29, 1.82) is 0 Å². The van der Waals surface area contributed by atoms with E-state index in [0.29, 0.717) is 19.6 Å². The zero-order valence-electron chi connectivity index (χ0n) is 17.1. The molecule has 2 saturated heterocycles. The maximum atomic E-state index is 13.2. The number of pyridine rings is 1. The van der Waals surface area contributed by atoms with E-state index >= 15 is 0 Å². The van der Waals surface area contributed by atoms with E-state index in [9.17, 15) is 9.59 Å². The standard InChI is InChI=1S/C23H25N5O2/c1-25-19(12-17-6-2-3-8-20(17)25)14-26-10-11-28-21(15-26)23(30)27(16-22(28)29)13-18-7-4-5-9-24-18/h2-9,12,21H,10-11,13-16H2,1H3. The smallest absolute Gasteiger partial charge is 0.247 e. The van der Waals surface area contributed by atoms with E-state index in [2.05, 4.69) is 39.7 Å². The van der Waals surface area contributed by atoms with Crippen LogP contribution in [0.1, 0.15) is 11.4 Å². The fourth-order valence-electron chi connectivity index (χ4n) is 4.58. The van der Waals surface area contributed by atoms with Crippen molar-refractivity contribution in [3.05, 3.63) is 66.1 Å². The van der Waals surface area contributed by atoms with Gasteiger partial charge in [0.25, 0.3) is 0 Å². The Hall–Kier alpha value is -3.19. The van der Waals surface area contributed by atoms with Gasteiger partial charge in [-0.25, -0.2) is 0 Å². The summed E-state index contributed by atoms with van der Waals surface area (Å²) in [5, 5.41) is 1.22. The van der Waals surface area contributed by atoms with Gasteiger partial charge in [-0.2, -0.15) is 0 Å². The molecule has 7 heteroatoms. The molecule has 1 atom stereocenters. The number of hydrogen-bond donors (Lipinski definition) is 0. The number of fused-ring (bicyclic) bond motifs is 2. The third-order valence-electron chi connectivity index (χ3n) is 6.22. The highest BCUT2D eigenvalue weighted by molar-refractivity contribution is 5.95. The van der Waals surface area contributed by atoms with Crippen LogP contribution in [0.25, 0.3) is 10.9 Å². The van der Waals surface area contributed by atoms with Gasteiger partial charge in [0.05, 0.1) is 12.2 Å². The van der Waals surface area contributed by atoms with Crippen LogP contribution in [0.2, 0.25) is 0 Å². The average molecular weight is 403 g/mol. The van der Waals surface area contributed by atoms with Crippen molar-refractivity contribution < 1.29 is 9.59 Å². The maximum Gasteiger partial charge on any atom is 0.247 e. The first-order valence-electron chi connectivity index (χ1n) is 10.3. The Kier molecular flexibility index (Phi) is 4.75. The second kappa shape index (κ2) is 7.57. The van der Waals surface area contributed by atoms with Crippen LogP contribution in [-0.2, 0) is 29.7 Å². The highest BCUT2D eigenvalue weighted by Crippen LogP contribution is 2.23. The minimum Gasteiger partial charge on any atom is -0.346 e. The van der Waals surface area contributed by atoms with Gasteiger partial charge < -0.3 is 14.4 Å². The van der Waals surface area contributed by atoms with Crippen molar-refractivity contribution in [3.8, 4) is 0 Å². The first-order valence-corrected chi connectivity index (χ1v) is 10.3. The average Bonchev–Trinajstić information content (AvgIpc) is 3.08. The molecule has 1 unspecified atom stereocenters. The lowest BCUT2D eigenvalue weighted by Crippen LogP contribution is -2.66. The number of amides is 2. The Morgan fingerprint density at radius 3 is 2.67 bits per heavy atom. The second-order valence-corrected chi connectivity index (χ2v) is 8.11. The monoisotopic (exact) mass is 403 g/mol. The molecule has 30 heavy (non-hydrogen) atoms. The molecule has 0 radical (unpaired) electrons. The number of carbonyl (C=O) groups is 2. The lowest BCUT2D eigenvalue weighted by molar-refractivity contribution is -0.160. The van der Waals surface area contributed by atoms with Crippen LogP contribution in [-0.4, -0.2) is 68.3 Å². The van der Waals surface area contributed by atoms with Gasteiger partial charge in [-0.1, -0.05) is 24.3 Å². The molecule has 2 aromatic heterocycles. The molecule has 3 aromatic rings. The SMILES string of the molecule is Cn1c(CN2CCN3C(=O)CN(Cc4ccccn4)C(=O)C3C2)cc2ccccc21. The molecular formula is C23H25N5O2. The molecule has 1 aromatic carbocycles. The van der Waals surface area contributed by atoms with Gasteiger partial charge in [-0.3, -0.25) is 19.5 Å². The minimum absolute atomic E-state index is 0.0157. The molecule has 2 fully saturated rings. The first-order chi connectivity index (χ1) is 14.6. The summed E-state index contributed by atoms with van der Waals surface area (Å²) in [5.41, 5.74) is 3.22. The van der Waals surface area contributed by atoms with Crippen molar-refractivity contribution in [2.45, 2.75) is 19.1 Å². The number of carbonyl (C=O) groups excluding carboxylic acids is 2. The summed E-state index contributed by atoms with van der Waals surface area (Å²) < 4.78 is 2.21. The predicted octanol–water partition coefficient (Wildman–Crippen LogP) is 1.63. The molecule has 0 bridgehead atoms. The minimum atomic E-state index is -0.418. The summed E-state index contributed by atoms with van der Waals surface area (Å²) in [6.45, 7) is 3.20. The zero-order chi connectivity index (χ0) is 20.7. The summed E-state index contributed by atoms with van der Waals surface area (Å²) >= 11 is 0. The van der Waals surface area contributed by atoms with Crippen LogP contribution in [0.3, 0.4) is 0 Å². The van der Waals surface area contributed by atoms with Crippen LogP contribution in [0.4, 0.5) is 0 Å². The van der Waals surface area contributed by atoms with Gasteiger partial charge in [0, 0.05) is 50.6 Å².